The van der Waals surface area contributed by atoms with E-state index in [-0.39, 0.29) is 24.5 Å². The SMILES string of the molecule is CCCCCCCCc1ccc(O[C@@H]2CNC(CO)C2)cc1C(F)(F)F. The minimum atomic E-state index is -4.38. The molecule has 0 saturated carbocycles. The summed E-state index contributed by atoms with van der Waals surface area (Å²) in [4.78, 5) is 0. The Kier molecular flexibility index (Phi) is 8.22. The molecule has 1 fully saturated rings. The molecule has 1 aliphatic rings. The molecule has 0 amide bonds. The molecule has 1 saturated heterocycles. The van der Waals surface area contributed by atoms with Crippen LogP contribution < -0.4 is 10.1 Å². The van der Waals surface area contributed by atoms with Crippen molar-refractivity contribution < 1.29 is 23.0 Å². The third-order valence-corrected chi connectivity index (χ3v) is 4.89. The van der Waals surface area contributed by atoms with Crippen LogP contribution in [0, 0.1) is 0 Å². The summed E-state index contributed by atoms with van der Waals surface area (Å²) in [6.07, 6.45) is 2.77. The van der Waals surface area contributed by atoms with Crippen molar-refractivity contribution in [1.82, 2.24) is 5.32 Å². The average Bonchev–Trinajstić information content (AvgIpc) is 3.05. The molecule has 1 aliphatic heterocycles. The maximum absolute atomic E-state index is 13.4. The number of aliphatic hydroxyl groups excluding tert-OH is 1. The minimum absolute atomic E-state index is 0.00482. The molecule has 0 bridgehead atoms. The van der Waals surface area contributed by atoms with E-state index in [1.807, 2.05) is 0 Å². The Morgan fingerprint density at radius 1 is 1.15 bits per heavy atom. The van der Waals surface area contributed by atoms with Crippen LogP contribution in [0.15, 0.2) is 18.2 Å². The van der Waals surface area contributed by atoms with Crippen LogP contribution in [-0.4, -0.2) is 30.4 Å². The molecule has 6 heteroatoms. The van der Waals surface area contributed by atoms with E-state index in [9.17, 15) is 13.2 Å². The van der Waals surface area contributed by atoms with Gasteiger partial charge in [0.1, 0.15) is 11.9 Å². The minimum Gasteiger partial charge on any atom is -0.489 e. The molecule has 1 aromatic rings. The largest absolute Gasteiger partial charge is 0.489 e. The van der Waals surface area contributed by atoms with Crippen LogP contribution in [0.4, 0.5) is 13.2 Å². The highest BCUT2D eigenvalue weighted by molar-refractivity contribution is 5.38. The maximum Gasteiger partial charge on any atom is 0.416 e. The van der Waals surface area contributed by atoms with Crippen molar-refractivity contribution in [2.45, 2.75) is 76.6 Å². The maximum atomic E-state index is 13.4. The van der Waals surface area contributed by atoms with Crippen molar-refractivity contribution in [3.05, 3.63) is 29.3 Å². The van der Waals surface area contributed by atoms with E-state index in [0.717, 1.165) is 38.2 Å². The molecule has 1 heterocycles. The van der Waals surface area contributed by atoms with Gasteiger partial charge in [-0.1, -0.05) is 45.1 Å². The van der Waals surface area contributed by atoms with Gasteiger partial charge < -0.3 is 15.2 Å². The van der Waals surface area contributed by atoms with Gasteiger partial charge in [-0.15, -0.1) is 0 Å². The van der Waals surface area contributed by atoms with Crippen molar-refractivity contribution in [2.24, 2.45) is 0 Å². The Hall–Kier alpha value is -1.27. The predicted molar refractivity (Wildman–Crippen MR) is 96.4 cm³/mol. The van der Waals surface area contributed by atoms with Crippen LogP contribution in [-0.2, 0) is 12.6 Å². The molecule has 26 heavy (non-hydrogen) atoms. The van der Waals surface area contributed by atoms with Crippen molar-refractivity contribution >= 4 is 0 Å². The molecule has 2 rings (SSSR count). The van der Waals surface area contributed by atoms with Crippen LogP contribution in [0.1, 0.15) is 63.0 Å². The molecule has 1 unspecified atom stereocenters. The summed E-state index contributed by atoms with van der Waals surface area (Å²) in [5.74, 6) is 0.245. The fraction of sp³-hybridized carbons (Fsp3) is 0.700. The first-order chi connectivity index (χ1) is 12.4. The second-order valence-electron chi connectivity index (χ2n) is 7.10. The summed E-state index contributed by atoms with van der Waals surface area (Å²) in [6, 6.07) is 4.26. The lowest BCUT2D eigenvalue weighted by Crippen LogP contribution is -2.25. The van der Waals surface area contributed by atoms with E-state index in [0.29, 0.717) is 24.9 Å². The number of aryl methyl sites for hydroxylation is 1. The van der Waals surface area contributed by atoms with Crippen LogP contribution in [0.5, 0.6) is 5.75 Å². The first-order valence-corrected chi connectivity index (χ1v) is 9.65. The zero-order valence-corrected chi connectivity index (χ0v) is 15.4. The van der Waals surface area contributed by atoms with E-state index in [1.165, 1.54) is 6.42 Å². The van der Waals surface area contributed by atoms with E-state index in [4.69, 9.17) is 9.84 Å². The number of aliphatic hydroxyl groups is 1. The van der Waals surface area contributed by atoms with Gasteiger partial charge in [-0.2, -0.15) is 13.2 Å². The standard InChI is InChI=1S/C20H30F3NO2/c1-2-3-4-5-6-7-8-15-9-10-17(12-19(15)20(21,22)23)26-18-11-16(14-25)24-13-18/h9-10,12,16,18,24-25H,2-8,11,13-14H2,1H3/t16?,18-/m0/s1. The number of unbranched alkanes of at least 4 members (excludes halogenated alkanes) is 5. The van der Waals surface area contributed by atoms with Crippen LogP contribution in [0.2, 0.25) is 0 Å². The Morgan fingerprint density at radius 3 is 2.54 bits per heavy atom. The molecule has 1 aromatic carbocycles. The quantitative estimate of drug-likeness (QED) is 0.584. The van der Waals surface area contributed by atoms with E-state index >= 15 is 0 Å². The Morgan fingerprint density at radius 2 is 1.88 bits per heavy atom. The van der Waals surface area contributed by atoms with Crippen molar-refractivity contribution in [2.75, 3.05) is 13.2 Å². The number of hydrogen-bond acceptors (Lipinski definition) is 3. The summed E-state index contributed by atoms with van der Waals surface area (Å²) in [6.45, 7) is 2.68. The monoisotopic (exact) mass is 373 g/mol. The number of benzene rings is 1. The van der Waals surface area contributed by atoms with Gasteiger partial charge in [0.2, 0.25) is 0 Å². The highest BCUT2D eigenvalue weighted by Crippen LogP contribution is 2.35. The normalized spacial score (nSPS) is 20.5. The lowest BCUT2D eigenvalue weighted by molar-refractivity contribution is -0.138. The Balaban J connectivity index is 1.96. The summed E-state index contributed by atoms with van der Waals surface area (Å²) in [5, 5.41) is 12.2. The van der Waals surface area contributed by atoms with Gasteiger partial charge in [0, 0.05) is 19.0 Å². The summed E-state index contributed by atoms with van der Waals surface area (Å²) in [5.41, 5.74) is -0.244. The summed E-state index contributed by atoms with van der Waals surface area (Å²) < 4.78 is 46.0. The Labute approximate surface area is 153 Å². The molecule has 2 N–H and O–H groups in total. The molecule has 0 spiro atoms. The summed E-state index contributed by atoms with van der Waals surface area (Å²) >= 11 is 0. The van der Waals surface area contributed by atoms with E-state index < -0.39 is 11.7 Å². The molecule has 0 radical (unpaired) electrons. The topological polar surface area (TPSA) is 41.5 Å². The first kappa shape index (κ1) is 21.0. The zero-order chi connectivity index (χ0) is 19.0. The van der Waals surface area contributed by atoms with Crippen molar-refractivity contribution in [3.8, 4) is 5.75 Å². The molecule has 148 valence electrons. The van der Waals surface area contributed by atoms with Gasteiger partial charge in [0.25, 0.3) is 0 Å². The number of rotatable bonds is 10. The van der Waals surface area contributed by atoms with Crippen molar-refractivity contribution in [3.63, 3.8) is 0 Å². The molecule has 0 aromatic heterocycles. The van der Waals surface area contributed by atoms with Gasteiger partial charge in [-0.3, -0.25) is 0 Å². The number of alkyl halides is 3. The molecular formula is C20H30F3NO2. The van der Waals surface area contributed by atoms with E-state index in [2.05, 4.69) is 12.2 Å². The van der Waals surface area contributed by atoms with Gasteiger partial charge in [-0.05, 0) is 30.5 Å². The highest BCUT2D eigenvalue weighted by Gasteiger charge is 2.34. The van der Waals surface area contributed by atoms with Crippen LogP contribution >= 0.6 is 0 Å². The lowest BCUT2D eigenvalue weighted by Gasteiger charge is -2.17. The second kappa shape index (κ2) is 10.2. The van der Waals surface area contributed by atoms with Gasteiger partial charge in [0.15, 0.2) is 0 Å². The molecule has 2 atom stereocenters. The lowest BCUT2D eigenvalue weighted by atomic mass is 9.99. The fourth-order valence-corrected chi connectivity index (χ4v) is 3.41. The van der Waals surface area contributed by atoms with Gasteiger partial charge in [-0.25, -0.2) is 0 Å². The van der Waals surface area contributed by atoms with Crippen molar-refractivity contribution in [1.29, 1.82) is 0 Å². The zero-order valence-electron chi connectivity index (χ0n) is 15.4. The van der Waals surface area contributed by atoms with Crippen LogP contribution in [0.3, 0.4) is 0 Å². The molecule has 3 nitrogen and oxygen atoms in total. The highest BCUT2D eigenvalue weighted by atomic mass is 19.4. The number of hydrogen-bond donors (Lipinski definition) is 2. The van der Waals surface area contributed by atoms with E-state index in [1.54, 1.807) is 12.1 Å². The number of nitrogens with one attached hydrogen (secondary N) is 1. The Bertz CT molecular complexity index is 548. The van der Waals surface area contributed by atoms with Gasteiger partial charge in [0.05, 0.1) is 12.2 Å². The fourth-order valence-electron chi connectivity index (χ4n) is 3.41. The van der Waals surface area contributed by atoms with Gasteiger partial charge >= 0.3 is 6.18 Å². The smallest absolute Gasteiger partial charge is 0.416 e. The first-order valence-electron chi connectivity index (χ1n) is 9.65. The second-order valence-corrected chi connectivity index (χ2v) is 7.10. The third kappa shape index (κ3) is 6.47. The average molecular weight is 373 g/mol. The van der Waals surface area contributed by atoms with Crippen LogP contribution in [0.25, 0.3) is 0 Å². The predicted octanol–water partition coefficient (Wildman–Crippen LogP) is 4.71. The molecule has 0 aliphatic carbocycles. The molecular weight excluding hydrogens is 343 g/mol. The summed E-state index contributed by atoms with van der Waals surface area (Å²) in [7, 11) is 0. The number of ether oxygens (including phenoxy) is 1. The third-order valence-electron chi connectivity index (χ3n) is 4.89. The number of halogens is 3.